The zero-order chi connectivity index (χ0) is 11.3. The van der Waals surface area contributed by atoms with Gasteiger partial charge in [-0.15, -0.1) is 0 Å². The maximum Gasteiger partial charge on any atom is 0.309 e. The molecule has 0 spiro atoms. The maximum atomic E-state index is 10.9. The number of carboxylic acids is 1. The number of aliphatic carboxylic acids is 1. The third-order valence-corrected chi connectivity index (χ3v) is 3.46. The second kappa shape index (κ2) is 6.11. The van der Waals surface area contributed by atoms with Crippen LogP contribution in [0, 0.1) is 11.8 Å². The van der Waals surface area contributed by atoms with Crippen LogP contribution in [0.3, 0.4) is 0 Å². The molecule has 1 aliphatic rings. The monoisotopic (exact) mass is 214 g/mol. The molecule has 3 atom stereocenters. The number of carbonyl (C=O) groups is 1. The normalized spacial score (nSPS) is 31.5. The lowest BCUT2D eigenvalue weighted by Crippen LogP contribution is -2.34. The molecule has 0 saturated heterocycles. The van der Waals surface area contributed by atoms with E-state index < -0.39 is 18.0 Å². The van der Waals surface area contributed by atoms with E-state index in [4.69, 9.17) is 5.11 Å². The maximum absolute atomic E-state index is 10.9. The Balaban J connectivity index is 2.33. The van der Waals surface area contributed by atoms with Crippen molar-refractivity contribution < 1.29 is 15.0 Å². The lowest BCUT2D eigenvalue weighted by Gasteiger charge is -2.30. The number of unbranched alkanes of at least 4 members (excludes halogenated alkanes) is 2. The van der Waals surface area contributed by atoms with Crippen LogP contribution in [0.4, 0.5) is 0 Å². The van der Waals surface area contributed by atoms with Gasteiger partial charge >= 0.3 is 5.97 Å². The standard InChI is InChI=1S/C12H22O3/c1-2-3-4-5-9-6-7-11(13)10(8-9)12(14)15/h9-11,13H,2-8H2,1H3,(H,14,15). The molecule has 1 saturated carbocycles. The summed E-state index contributed by atoms with van der Waals surface area (Å²) in [5.41, 5.74) is 0. The van der Waals surface area contributed by atoms with Gasteiger partial charge in [-0.25, -0.2) is 0 Å². The first-order chi connectivity index (χ1) is 7.15. The summed E-state index contributed by atoms with van der Waals surface area (Å²) in [6.45, 7) is 2.17. The number of rotatable bonds is 5. The van der Waals surface area contributed by atoms with Crippen LogP contribution in [0.25, 0.3) is 0 Å². The minimum atomic E-state index is -0.831. The number of hydrogen-bond donors (Lipinski definition) is 2. The molecule has 1 rings (SSSR count). The van der Waals surface area contributed by atoms with Crippen LogP contribution in [-0.4, -0.2) is 22.3 Å². The second-order valence-electron chi connectivity index (χ2n) is 4.69. The Bertz CT molecular complexity index is 203. The minimum absolute atomic E-state index is 0.515. The van der Waals surface area contributed by atoms with E-state index in [1.54, 1.807) is 0 Å². The molecule has 3 heteroatoms. The van der Waals surface area contributed by atoms with E-state index in [-0.39, 0.29) is 0 Å². The first-order valence-corrected chi connectivity index (χ1v) is 6.06. The average Bonchev–Trinajstić information content (AvgIpc) is 2.20. The van der Waals surface area contributed by atoms with Crippen molar-refractivity contribution in [1.29, 1.82) is 0 Å². The Hall–Kier alpha value is -0.570. The topological polar surface area (TPSA) is 57.5 Å². The van der Waals surface area contributed by atoms with Crippen molar-refractivity contribution >= 4 is 5.97 Å². The molecule has 1 aliphatic carbocycles. The van der Waals surface area contributed by atoms with Gasteiger partial charge in [0, 0.05) is 0 Å². The largest absolute Gasteiger partial charge is 0.481 e. The van der Waals surface area contributed by atoms with Gasteiger partial charge in [0.25, 0.3) is 0 Å². The van der Waals surface area contributed by atoms with Crippen molar-refractivity contribution in [3.05, 3.63) is 0 Å². The molecule has 88 valence electrons. The van der Waals surface area contributed by atoms with Crippen molar-refractivity contribution in [2.45, 2.75) is 58.0 Å². The smallest absolute Gasteiger partial charge is 0.309 e. The second-order valence-corrected chi connectivity index (χ2v) is 4.69. The first-order valence-electron chi connectivity index (χ1n) is 6.06. The molecule has 0 radical (unpaired) electrons. The SMILES string of the molecule is CCCCCC1CCC(O)C(C(=O)O)C1. The van der Waals surface area contributed by atoms with Gasteiger partial charge in [-0.1, -0.05) is 32.6 Å². The zero-order valence-corrected chi connectivity index (χ0v) is 9.48. The van der Waals surface area contributed by atoms with Gasteiger partial charge in [0.15, 0.2) is 0 Å². The summed E-state index contributed by atoms with van der Waals surface area (Å²) in [7, 11) is 0. The minimum Gasteiger partial charge on any atom is -0.481 e. The Morgan fingerprint density at radius 2 is 2.07 bits per heavy atom. The van der Waals surface area contributed by atoms with Crippen molar-refractivity contribution in [2.75, 3.05) is 0 Å². The molecule has 3 nitrogen and oxygen atoms in total. The molecule has 2 N–H and O–H groups in total. The Labute approximate surface area is 91.5 Å². The van der Waals surface area contributed by atoms with Crippen LogP contribution in [0.1, 0.15) is 51.9 Å². The van der Waals surface area contributed by atoms with Crippen LogP contribution in [0.5, 0.6) is 0 Å². The summed E-state index contributed by atoms with van der Waals surface area (Å²) < 4.78 is 0. The Morgan fingerprint density at radius 1 is 1.33 bits per heavy atom. The van der Waals surface area contributed by atoms with Gasteiger partial charge < -0.3 is 10.2 Å². The van der Waals surface area contributed by atoms with E-state index in [2.05, 4.69) is 6.92 Å². The highest BCUT2D eigenvalue weighted by Gasteiger charge is 2.33. The number of aliphatic hydroxyl groups excluding tert-OH is 1. The Morgan fingerprint density at radius 3 is 2.67 bits per heavy atom. The van der Waals surface area contributed by atoms with E-state index in [1.807, 2.05) is 0 Å². The fraction of sp³-hybridized carbons (Fsp3) is 0.917. The number of hydrogen-bond acceptors (Lipinski definition) is 2. The van der Waals surface area contributed by atoms with Crippen molar-refractivity contribution in [2.24, 2.45) is 11.8 Å². The summed E-state index contributed by atoms with van der Waals surface area (Å²) in [5.74, 6) is -0.839. The number of aliphatic hydroxyl groups is 1. The predicted molar refractivity (Wildman–Crippen MR) is 58.6 cm³/mol. The summed E-state index contributed by atoms with van der Waals surface area (Å²) in [5, 5.41) is 18.5. The quantitative estimate of drug-likeness (QED) is 0.691. The molecule has 3 unspecified atom stereocenters. The van der Waals surface area contributed by atoms with E-state index >= 15 is 0 Å². The van der Waals surface area contributed by atoms with Crippen LogP contribution in [0.15, 0.2) is 0 Å². The molecule has 0 bridgehead atoms. The summed E-state index contributed by atoms with van der Waals surface area (Å²) in [4.78, 5) is 10.9. The van der Waals surface area contributed by atoms with Crippen LogP contribution >= 0.6 is 0 Å². The summed E-state index contributed by atoms with van der Waals surface area (Å²) in [6, 6.07) is 0. The Kier molecular flexibility index (Phi) is 5.09. The molecule has 0 aromatic heterocycles. The van der Waals surface area contributed by atoms with Gasteiger partial charge in [0.05, 0.1) is 12.0 Å². The third-order valence-electron chi connectivity index (χ3n) is 3.46. The van der Waals surface area contributed by atoms with Gasteiger partial charge in [-0.3, -0.25) is 4.79 Å². The van der Waals surface area contributed by atoms with Crippen LogP contribution in [0.2, 0.25) is 0 Å². The first kappa shape index (κ1) is 12.5. The molecule has 0 amide bonds. The van der Waals surface area contributed by atoms with Gasteiger partial charge in [-0.05, 0) is 25.2 Å². The van der Waals surface area contributed by atoms with Gasteiger partial charge in [-0.2, -0.15) is 0 Å². The lowest BCUT2D eigenvalue weighted by molar-refractivity contribution is -0.148. The third kappa shape index (κ3) is 3.82. The molecule has 0 aliphatic heterocycles. The highest BCUT2D eigenvalue weighted by atomic mass is 16.4. The van der Waals surface area contributed by atoms with E-state index in [1.165, 1.54) is 19.3 Å². The number of carboxylic acid groups (broad SMARTS) is 1. The van der Waals surface area contributed by atoms with Crippen molar-refractivity contribution in [3.8, 4) is 0 Å². The molecular weight excluding hydrogens is 192 g/mol. The molecule has 0 aromatic rings. The summed E-state index contributed by atoms with van der Waals surface area (Å²) in [6.07, 6.45) is 6.47. The molecule has 0 heterocycles. The van der Waals surface area contributed by atoms with E-state index in [0.29, 0.717) is 18.8 Å². The average molecular weight is 214 g/mol. The lowest BCUT2D eigenvalue weighted by atomic mass is 9.77. The van der Waals surface area contributed by atoms with Gasteiger partial charge in [0.2, 0.25) is 0 Å². The van der Waals surface area contributed by atoms with E-state index in [9.17, 15) is 9.90 Å². The molecule has 1 fully saturated rings. The van der Waals surface area contributed by atoms with E-state index in [0.717, 1.165) is 12.8 Å². The highest BCUT2D eigenvalue weighted by Crippen LogP contribution is 2.32. The van der Waals surface area contributed by atoms with Crippen LogP contribution in [-0.2, 0) is 4.79 Å². The zero-order valence-electron chi connectivity index (χ0n) is 9.48. The van der Waals surface area contributed by atoms with Crippen molar-refractivity contribution in [3.63, 3.8) is 0 Å². The fourth-order valence-corrected chi connectivity index (χ4v) is 2.45. The summed E-state index contributed by atoms with van der Waals surface area (Å²) >= 11 is 0. The van der Waals surface area contributed by atoms with Gasteiger partial charge in [0.1, 0.15) is 0 Å². The molecule has 15 heavy (non-hydrogen) atoms. The van der Waals surface area contributed by atoms with Crippen molar-refractivity contribution in [1.82, 2.24) is 0 Å². The molecular formula is C12H22O3. The van der Waals surface area contributed by atoms with Crippen LogP contribution < -0.4 is 0 Å². The highest BCUT2D eigenvalue weighted by molar-refractivity contribution is 5.70. The predicted octanol–water partition coefficient (Wildman–Crippen LogP) is 2.43. The molecule has 0 aromatic carbocycles. The fourth-order valence-electron chi connectivity index (χ4n) is 2.45.